The highest BCUT2D eigenvalue weighted by atomic mass is 35.5. The van der Waals surface area contributed by atoms with Crippen LogP contribution in [-0.2, 0) is 4.79 Å². The van der Waals surface area contributed by atoms with Crippen LogP contribution in [0.25, 0.3) is 0 Å². The average molecular weight is 361 g/mol. The van der Waals surface area contributed by atoms with E-state index in [1.165, 1.54) is 0 Å². The first-order chi connectivity index (χ1) is 10.5. The van der Waals surface area contributed by atoms with Crippen LogP contribution in [0.1, 0.15) is 32.4 Å². The van der Waals surface area contributed by atoms with Crippen molar-refractivity contribution in [2.75, 3.05) is 18.7 Å². The van der Waals surface area contributed by atoms with Gasteiger partial charge in [-0.05, 0) is 38.5 Å². The third-order valence-electron chi connectivity index (χ3n) is 3.44. The average Bonchev–Trinajstić information content (AvgIpc) is 3.01. The van der Waals surface area contributed by atoms with E-state index in [9.17, 15) is 4.79 Å². The van der Waals surface area contributed by atoms with Crippen LogP contribution in [-0.4, -0.2) is 36.8 Å². The second-order valence-electron chi connectivity index (χ2n) is 5.58. The minimum absolute atomic E-state index is 0. The van der Waals surface area contributed by atoms with Gasteiger partial charge in [0.15, 0.2) is 11.5 Å². The lowest BCUT2D eigenvalue weighted by Crippen LogP contribution is -2.42. The number of hydrogen-bond donors (Lipinski definition) is 2. The maximum Gasteiger partial charge on any atom is 0.238 e. The highest BCUT2D eigenvalue weighted by Gasteiger charge is 2.24. The Morgan fingerprint density at radius 1 is 1.35 bits per heavy atom. The van der Waals surface area contributed by atoms with E-state index in [2.05, 4.69) is 10.6 Å². The molecule has 1 aliphatic heterocycles. The predicted octanol–water partition coefficient (Wildman–Crippen LogP) is 2.74. The van der Waals surface area contributed by atoms with Gasteiger partial charge in [0.25, 0.3) is 0 Å². The smallest absolute Gasteiger partial charge is 0.238 e. The molecule has 2 unspecified atom stereocenters. The number of rotatable bonds is 6. The summed E-state index contributed by atoms with van der Waals surface area (Å²) in [5.41, 5.74) is 0.993. The Morgan fingerprint density at radius 2 is 2.09 bits per heavy atom. The number of ether oxygens (including phenoxy) is 2. The Morgan fingerprint density at radius 3 is 2.65 bits per heavy atom. The van der Waals surface area contributed by atoms with Crippen molar-refractivity contribution in [3.63, 3.8) is 0 Å². The number of carbonyl (C=O) groups is 1. The molecule has 2 N–H and O–H groups in total. The minimum atomic E-state index is -0.0992. The zero-order valence-corrected chi connectivity index (χ0v) is 15.6. The van der Waals surface area contributed by atoms with E-state index in [1.54, 1.807) is 18.9 Å². The van der Waals surface area contributed by atoms with E-state index in [4.69, 9.17) is 9.47 Å². The van der Waals surface area contributed by atoms with Crippen molar-refractivity contribution in [2.45, 2.75) is 39.0 Å². The number of methoxy groups -OCH3 is 1. The van der Waals surface area contributed by atoms with Crippen LogP contribution in [0.2, 0.25) is 0 Å². The first-order valence-electron chi connectivity index (χ1n) is 7.47. The molecule has 7 heteroatoms. The number of amides is 1. The summed E-state index contributed by atoms with van der Waals surface area (Å²) in [5, 5.41) is 6.21. The Labute approximate surface area is 148 Å². The van der Waals surface area contributed by atoms with Gasteiger partial charge in [0.05, 0.1) is 25.3 Å². The fraction of sp³-hybridized carbons (Fsp3) is 0.562. The van der Waals surface area contributed by atoms with Crippen LogP contribution in [0.3, 0.4) is 0 Å². The molecular weight excluding hydrogens is 336 g/mol. The van der Waals surface area contributed by atoms with Gasteiger partial charge in [0.2, 0.25) is 5.91 Å². The summed E-state index contributed by atoms with van der Waals surface area (Å²) in [6.07, 6.45) is 0.0859. The van der Waals surface area contributed by atoms with Crippen molar-refractivity contribution < 1.29 is 14.3 Å². The zero-order chi connectivity index (χ0) is 16.1. The minimum Gasteiger partial charge on any atom is -0.493 e. The van der Waals surface area contributed by atoms with E-state index in [0.717, 1.165) is 17.2 Å². The van der Waals surface area contributed by atoms with Gasteiger partial charge in [-0.2, -0.15) is 0 Å². The van der Waals surface area contributed by atoms with Gasteiger partial charge in [-0.15, -0.1) is 24.2 Å². The molecular formula is C16H25ClN2O3S. The molecule has 0 spiro atoms. The van der Waals surface area contributed by atoms with Gasteiger partial charge in [0, 0.05) is 11.6 Å². The van der Waals surface area contributed by atoms with Crippen LogP contribution in [0.5, 0.6) is 11.5 Å². The summed E-state index contributed by atoms with van der Waals surface area (Å²) in [4.78, 5) is 12.2. The summed E-state index contributed by atoms with van der Waals surface area (Å²) in [6.45, 7) is 5.92. The molecule has 0 saturated carbocycles. The standard InChI is InChI=1S/C16H24N2O3S.ClH/c1-10(2)21-14-6-5-12(7-15(14)20-4)11(3)18-16(19)13-8-22-9-17-13;/h5-7,10-11,13,17H,8-9H2,1-4H3,(H,18,19);1H. The molecule has 130 valence electrons. The van der Waals surface area contributed by atoms with Crippen LogP contribution >= 0.6 is 24.2 Å². The normalized spacial score (nSPS) is 18.2. The lowest BCUT2D eigenvalue weighted by atomic mass is 10.1. The summed E-state index contributed by atoms with van der Waals surface area (Å²) >= 11 is 1.74. The monoisotopic (exact) mass is 360 g/mol. The van der Waals surface area contributed by atoms with Gasteiger partial charge in [-0.3, -0.25) is 10.1 Å². The second-order valence-corrected chi connectivity index (χ2v) is 6.61. The van der Waals surface area contributed by atoms with Gasteiger partial charge < -0.3 is 14.8 Å². The molecule has 0 aromatic heterocycles. The fourth-order valence-electron chi connectivity index (χ4n) is 2.27. The van der Waals surface area contributed by atoms with Crippen molar-refractivity contribution in [3.05, 3.63) is 23.8 Å². The number of benzene rings is 1. The molecule has 1 aliphatic rings. The highest BCUT2D eigenvalue weighted by Crippen LogP contribution is 2.31. The molecule has 0 radical (unpaired) electrons. The van der Waals surface area contributed by atoms with Crippen LogP contribution < -0.4 is 20.1 Å². The van der Waals surface area contributed by atoms with Crippen molar-refractivity contribution in [2.24, 2.45) is 0 Å². The number of thioether (sulfide) groups is 1. The zero-order valence-electron chi connectivity index (χ0n) is 13.9. The van der Waals surface area contributed by atoms with Gasteiger partial charge in [-0.1, -0.05) is 6.07 Å². The lowest BCUT2D eigenvalue weighted by molar-refractivity contribution is -0.123. The number of halogens is 1. The van der Waals surface area contributed by atoms with Gasteiger partial charge in [-0.25, -0.2) is 0 Å². The Balaban J connectivity index is 0.00000264. The Bertz CT molecular complexity index is 522. The summed E-state index contributed by atoms with van der Waals surface area (Å²) < 4.78 is 11.1. The quantitative estimate of drug-likeness (QED) is 0.816. The first-order valence-corrected chi connectivity index (χ1v) is 8.62. The van der Waals surface area contributed by atoms with Gasteiger partial charge in [0.1, 0.15) is 0 Å². The second kappa shape index (κ2) is 9.25. The predicted molar refractivity (Wildman–Crippen MR) is 96.8 cm³/mol. The summed E-state index contributed by atoms with van der Waals surface area (Å²) in [5.74, 6) is 3.10. The lowest BCUT2D eigenvalue weighted by Gasteiger charge is -2.19. The molecule has 1 aromatic carbocycles. The molecule has 0 aliphatic carbocycles. The van der Waals surface area contributed by atoms with E-state index in [-0.39, 0.29) is 36.5 Å². The summed E-state index contributed by atoms with van der Waals surface area (Å²) in [6, 6.07) is 5.59. The van der Waals surface area contributed by atoms with Crippen LogP contribution in [0.4, 0.5) is 0 Å². The molecule has 1 aromatic rings. The number of nitrogens with one attached hydrogen (secondary N) is 2. The fourth-order valence-corrected chi connectivity index (χ4v) is 3.21. The SMILES string of the molecule is COc1cc(C(C)NC(=O)C2CSCN2)ccc1OC(C)C.Cl. The molecule has 1 heterocycles. The molecule has 0 bridgehead atoms. The Kier molecular flexibility index (Phi) is 8.02. The maximum atomic E-state index is 12.2. The van der Waals surface area contributed by atoms with Crippen molar-refractivity contribution in [1.29, 1.82) is 0 Å². The van der Waals surface area contributed by atoms with Crippen LogP contribution in [0.15, 0.2) is 18.2 Å². The van der Waals surface area contributed by atoms with E-state index < -0.39 is 0 Å². The van der Waals surface area contributed by atoms with Gasteiger partial charge >= 0.3 is 0 Å². The van der Waals surface area contributed by atoms with E-state index in [1.807, 2.05) is 39.0 Å². The third kappa shape index (κ3) is 5.48. The molecule has 23 heavy (non-hydrogen) atoms. The van der Waals surface area contributed by atoms with Crippen LogP contribution in [0, 0.1) is 0 Å². The first kappa shape index (κ1) is 19.9. The molecule has 2 rings (SSSR count). The number of carbonyl (C=O) groups excluding carboxylic acids is 1. The highest BCUT2D eigenvalue weighted by molar-refractivity contribution is 7.99. The van der Waals surface area contributed by atoms with Crippen molar-refractivity contribution in [1.82, 2.24) is 10.6 Å². The van der Waals surface area contributed by atoms with Crippen molar-refractivity contribution >= 4 is 30.1 Å². The molecule has 1 saturated heterocycles. The largest absolute Gasteiger partial charge is 0.493 e. The third-order valence-corrected chi connectivity index (χ3v) is 4.38. The molecule has 1 amide bonds. The number of hydrogen-bond acceptors (Lipinski definition) is 5. The van der Waals surface area contributed by atoms with E-state index in [0.29, 0.717) is 11.5 Å². The molecule has 2 atom stereocenters. The molecule has 5 nitrogen and oxygen atoms in total. The Hall–Kier alpha value is -1.11. The van der Waals surface area contributed by atoms with E-state index >= 15 is 0 Å². The summed E-state index contributed by atoms with van der Waals surface area (Å²) in [7, 11) is 1.62. The molecule has 1 fully saturated rings. The maximum absolute atomic E-state index is 12.2. The topological polar surface area (TPSA) is 59.6 Å². The van der Waals surface area contributed by atoms with Crippen molar-refractivity contribution in [3.8, 4) is 11.5 Å².